The Morgan fingerprint density at radius 3 is 2.15 bits per heavy atom. The Bertz CT molecular complexity index is 113. The molecule has 0 aliphatic heterocycles. The van der Waals surface area contributed by atoms with E-state index in [9.17, 15) is 0 Å². The zero-order valence-electron chi connectivity index (χ0n) is 9.93. The van der Waals surface area contributed by atoms with Crippen molar-refractivity contribution in [2.24, 2.45) is 5.92 Å². The van der Waals surface area contributed by atoms with Gasteiger partial charge in [0, 0.05) is 19.1 Å². The molecule has 0 aliphatic carbocycles. The lowest BCUT2D eigenvalue weighted by molar-refractivity contribution is 0.177. The van der Waals surface area contributed by atoms with Crippen molar-refractivity contribution in [1.29, 1.82) is 0 Å². The second-order valence-electron chi connectivity index (χ2n) is 4.10. The summed E-state index contributed by atoms with van der Waals surface area (Å²) in [6.07, 6.45) is 1.24. The summed E-state index contributed by atoms with van der Waals surface area (Å²) >= 11 is 0. The van der Waals surface area contributed by atoms with E-state index in [1.165, 1.54) is 19.5 Å². The third kappa shape index (κ3) is 5.27. The first kappa shape index (κ1) is 12.9. The van der Waals surface area contributed by atoms with Gasteiger partial charge in [-0.1, -0.05) is 27.7 Å². The fourth-order valence-electron chi connectivity index (χ4n) is 1.77. The minimum atomic E-state index is 0.706. The van der Waals surface area contributed by atoms with Crippen LogP contribution in [0.2, 0.25) is 0 Å². The van der Waals surface area contributed by atoms with Crippen molar-refractivity contribution in [2.45, 2.75) is 40.2 Å². The Morgan fingerprint density at radius 1 is 1.23 bits per heavy atom. The lowest BCUT2D eigenvalue weighted by atomic mass is 10.1. The van der Waals surface area contributed by atoms with Gasteiger partial charge in [0.15, 0.2) is 0 Å². The molecule has 0 aromatic rings. The van der Waals surface area contributed by atoms with E-state index in [0.717, 1.165) is 12.5 Å². The summed E-state index contributed by atoms with van der Waals surface area (Å²) in [5.41, 5.74) is 0. The number of likely N-dealkylation sites (N-methyl/N-ethyl adjacent to an activating group) is 2. The van der Waals surface area contributed by atoms with Crippen LogP contribution in [0.25, 0.3) is 0 Å². The standard InChI is InChI=1S/C11H26N2/c1-6-11(8-12-5)13(7-2)9-10(3)4/h10-12H,6-9H2,1-5H3. The first-order chi connectivity index (χ1) is 6.15. The van der Waals surface area contributed by atoms with Crippen LogP contribution in [0.1, 0.15) is 34.1 Å². The molecule has 0 amide bonds. The molecule has 1 N–H and O–H groups in total. The van der Waals surface area contributed by atoms with Crippen molar-refractivity contribution in [3.05, 3.63) is 0 Å². The highest BCUT2D eigenvalue weighted by molar-refractivity contribution is 4.71. The van der Waals surface area contributed by atoms with Crippen molar-refractivity contribution in [3.8, 4) is 0 Å². The maximum atomic E-state index is 3.27. The molecule has 1 unspecified atom stereocenters. The summed E-state index contributed by atoms with van der Waals surface area (Å²) in [5, 5.41) is 3.27. The topological polar surface area (TPSA) is 15.3 Å². The van der Waals surface area contributed by atoms with Crippen LogP contribution in [0.4, 0.5) is 0 Å². The van der Waals surface area contributed by atoms with Crippen LogP contribution in [0, 0.1) is 5.92 Å². The van der Waals surface area contributed by atoms with Gasteiger partial charge < -0.3 is 5.32 Å². The molecule has 0 saturated carbocycles. The molecule has 2 heteroatoms. The van der Waals surface area contributed by atoms with Crippen LogP contribution < -0.4 is 5.32 Å². The molecule has 0 fully saturated rings. The lowest BCUT2D eigenvalue weighted by Gasteiger charge is -2.31. The Balaban J connectivity index is 4.00. The number of hydrogen-bond acceptors (Lipinski definition) is 2. The van der Waals surface area contributed by atoms with Gasteiger partial charge in [0.2, 0.25) is 0 Å². The number of nitrogens with zero attached hydrogens (tertiary/aromatic N) is 1. The van der Waals surface area contributed by atoms with E-state index in [2.05, 4.69) is 37.9 Å². The largest absolute Gasteiger partial charge is 0.318 e. The molecule has 0 radical (unpaired) electrons. The highest BCUT2D eigenvalue weighted by Crippen LogP contribution is 2.06. The number of nitrogens with one attached hydrogen (secondary N) is 1. The Kier molecular flexibility index (Phi) is 7.29. The highest BCUT2D eigenvalue weighted by Gasteiger charge is 2.14. The molecule has 0 saturated heterocycles. The molecular formula is C11H26N2. The third-order valence-corrected chi connectivity index (χ3v) is 2.43. The van der Waals surface area contributed by atoms with Gasteiger partial charge in [-0.15, -0.1) is 0 Å². The van der Waals surface area contributed by atoms with Crippen LogP contribution in [0.15, 0.2) is 0 Å². The Labute approximate surface area is 83.7 Å². The predicted molar refractivity (Wildman–Crippen MR) is 60.1 cm³/mol. The van der Waals surface area contributed by atoms with Crippen LogP contribution in [0.5, 0.6) is 0 Å². The molecule has 80 valence electrons. The molecule has 2 nitrogen and oxygen atoms in total. The summed E-state index contributed by atoms with van der Waals surface area (Å²) in [6, 6.07) is 0.706. The van der Waals surface area contributed by atoms with Crippen molar-refractivity contribution < 1.29 is 0 Å². The summed E-state index contributed by atoms with van der Waals surface area (Å²) in [7, 11) is 2.03. The van der Waals surface area contributed by atoms with E-state index >= 15 is 0 Å². The summed E-state index contributed by atoms with van der Waals surface area (Å²) in [4.78, 5) is 2.57. The van der Waals surface area contributed by atoms with Crippen LogP contribution >= 0.6 is 0 Å². The minimum Gasteiger partial charge on any atom is -0.318 e. The molecule has 13 heavy (non-hydrogen) atoms. The molecule has 0 aromatic carbocycles. The van der Waals surface area contributed by atoms with Gasteiger partial charge in [0.25, 0.3) is 0 Å². The summed E-state index contributed by atoms with van der Waals surface area (Å²) in [5.74, 6) is 0.769. The maximum absolute atomic E-state index is 3.27. The third-order valence-electron chi connectivity index (χ3n) is 2.43. The summed E-state index contributed by atoms with van der Waals surface area (Å²) < 4.78 is 0. The van der Waals surface area contributed by atoms with Gasteiger partial charge in [0.1, 0.15) is 0 Å². The fraction of sp³-hybridized carbons (Fsp3) is 1.00. The first-order valence-corrected chi connectivity index (χ1v) is 5.54. The molecule has 0 heterocycles. The molecule has 0 spiro atoms. The van der Waals surface area contributed by atoms with Gasteiger partial charge in [-0.3, -0.25) is 4.90 Å². The maximum Gasteiger partial charge on any atom is 0.0217 e. The highest BCUT2D eigenvalue weighted by atomic mass is 15.2. The van der Waals surface area contributed by atoms with Crippen LogP contribution in [-0.4, -0.2) is 37.6 Å². The van der Waals surface area contributed by atoms with Crippen molar-refractivity contribution in [2.75, 3.05) is 26.7 Å². The van der Waals surface area contributed by atoms with Gasteiger partial charge in [0.05, 0.1) is 0 Å². The van der Waals surface area contributed by atoms with Gasteiger partial charge in [-0.25, -0.2) is 0 Å². The van der Waals surface area contributed by atoms with Gasteiger partial charge >= 0.3 is 0 Å². The number of rotatable bonds is 7. The zero-order chi connectivity index (χ0) is 10.3. The van der Waals surface area contributed by atoms with Gasteiger partial charge in [-0.05, 0) is 25.9 Å². The molecule has 0 aliphatic rings. The minimum absolute atomic E-state index is 0.706. The first-order valence-electron chi connectivity index (χ1n) is 5.54. The van der Waals surface area contributed by atoms with Crippen molar-refractivity contribution >= 4 is 0 Å². The van der Waals surface area contributed by atoms with E-state index in [1.54, 1.807) is 0 Å². The molecule has 0 bridgehead atoms. The predicted octanol–water partition coefficient (Wildman–Crippen LogP) is 1.96. The number of hydrogen-bond donors (Lipinski definition) is 1. The molecular weight excluding hydrogens is 160 g/mol. The summed E-state index contributed by atoms with van der Waals surface area (Å²) in [6.45, 7) is 12.6. The second kappa shape index (κ2) is 7.34. The van der Waals surface area contributed by atoms with E-state index in [0.29, 0.717) is 6.04 Å². The molecule has 0 rings (SSSR count). The quantitative estimate of drug-likeness (QED) is 0.654. The average molecular weight is 186 g/mol. The van der Waals surface area contributed by atoms with E-state index in [-0.39, 0.29) is 0 Å². The Morgan fingerprint density at radius 2 is 1.85 bits per heavy atom. The zero-order valence-corrected chi connectivity index (χ0v) is 9.93. The second-order valence-corrected chi connectivity index (χ2v) is 4.10. The molecule has 1 atom stereocenters. The van der Waals surface area contributed by atoms with Crippen LogP contribution in [-0.2, 0) is 0 Å². The SMILES string of the molecule is CCC(CNC)N(CC)CC(C)C. The monoisotopic (exact) mass is 186 g/mol. The fourth-order valence-corrected chi connectivity index (χ4v) is 1.77. The smallest absolute Gasteiger partial charge is 0.0217 e. The van der Waals surface area contributed by atoms with Gasteiger partial charge in [-0.2, -0.15) is 0 Å². The van der Waals surface area contributed by atoms with Crippen molar-refractivity contribution in [3.63, 3.8) is 0 Å². The van der Waals surface area contributed by atoms with E-state index < -0.39 is 0 Å². The molecule has 0 aromatic heterocycles. The van der Waals surface area contributed by atoms with Crippen molar-refractivity contribution in [1.82, 2.24) is 10.2 Å². The van der Waals surface area contributed by atoms with E-state index in [4.69, 9.17) is 0 Å². The normalized spacial score (nSPS) is 14.1. The Hall–Kier alpha value is -0.0800. The lowest BCUT2D eigenvalue weighted by Crippen LogP contribution is -2.42. The van der Waals surface area contributed by atoms with Crippen LogP contribution in [0.3, 0.4) is 0 Å². The van der Waals surface area contributed by atoms with E-state index in [1.807, 2.05) is 7.05 Å². The average Bonchev–Trinajstić information content (AvgIpc) is 2.10.